The number of rotatable bonds is 6. The van der Waals surface area contributed by atoms with Gasteiger partial charge in [-0.2, -0.15) is 9.97 Å². The third-order valence-electron chi connectivity index (χ3n) is 4.86. The number of alkyl halides is 1. The summed E-state index contributed by atoms with van der Waals surface area (Å²) in [6.45, 7) is -0.282. The van der Waals surface area contributed by atoms with Gasteiger partial charge in [-0.3, -0.25) is 9.36 Å². The van der Waals surface area contributed by atoms with E-state index in [0.717, 1.165) is 5.56 Å². The minimum Gasteiger partial charge on any atom is -0.463 e. The summed E-state index contributed by atoms with van der Waals surface area (Å²) >= 11 is 5.83. The van der Waals surface area contributed by atoms with Crippen molar-refractivity contribution in [2.75, 3.05) is 12.3 Å². The molecule has 1 fully saturated rings. The highest BCUT2D eigenvalue weighted by Gasteiger charge is 2.46. The fourth-order valence-corrected chi connectivity index (χ4v) is 3.47. The van der Waals surface area contributed by atoms with Gasteiger partial charge in [0.1, 0.15) is 24.3 Å². The lowest BCUT2D eigenvalue weighted by Gasteiger charge is -2.15. The number of hydrogen-bond acceptors (Lipinski definition) is 8. The quantitative estimate of drug-likeness (QED) is 0.443. The summed E-state index contributed by atoms with van der Waals surface area (Å²) in [4.78, 5) is 23.9. The number of nitrogens with two attached hydrogens (primary N) is 1. The number of carbonyl (C=O) groups is 1. The molecular weight excluding hydrogens is 417 g/mol. The highest BCUT2D eigenvalue weighted by molar-refractivity contribution is 6.28. The van der Waals surface area contributed by atoms with Gasteiger partial charge in [0.25, 0.3) is 0 Å². The Morgan fingerprint density at radius 2 is 2.10 bits per heavy atom. The number of benzene rings is 1. The van der Waals surface area contributed by atoms with Crippen LogP contribution in [0.5, 0.6) is 0 Å². The van der Waals surface area contributed by atoms with Gasteiger partial charge in [0.2, 0.25) is 5.28 Å². The first-order chi connectivity index (χ1) is 14.4. The molecule has 3 N–H and O–H groups in total. The smallest absolute Gasteiger partial charge is 0.306 e. The number of halogens is 2. The van der Waals surface area contributed by atoms with Crippen molar-refractivity contribution < 1.29 is 23.8 Å². The van der Waals surface area contributed by atoms with Gasteiger partial charge in [-0.25, -0.2) is 9.37 Å². The van der Waals surface area contributed by atoms with E-state index in [2.05, 4.69) is 15.0 Å². The SMILES string of the molecule is Nc1nc(Cl)nc2c1ncn2[C@@H]1O[C@H](COC(=O)CCc2ccccc2)[C@@H](O)[C@@H]1F. The lowest BCUT2D eigenvalue weighted by atomic mass is 10.1. The summed E-state index contributed by atoms with van der Waals surface area (Å²) in [7, 11) is 0. The Morgan fingerprint density at radius 1 is 1.33 bits per heavy atom. The van der Waals surface area contributed by atoms with Crippen LogP contribution in [0.4, 0.5) is 10.2 Å². The van der Waals surface area contributed by atoms with Crippen molar-refractivity contribution in [2.45, 2.75) is 37.4 Å². The highest BCUT2D eigenvalue weighted by atomic mass is 35.5. The molecule has 1 saturated heterocycles. The zero-order valence-electron chi connectivity index (χ0n) is 15.7. The van der Waals surface area contributed by atoms with E-state index in [9.17, 15) is 14.3 Å². The highest BCUT2D eigenvalue weighted by Crippen LogP contribution is 2.34. The standard InChI is InChI=1S/C19H19ClFN5O4/c20-19-24-16(22)14-17(25-19)26(9-23-14)18-13(21)15(28)11(30-18)8-29-12(27)7-6-10-4-2-1-3-5-10/h1-5,9,11,13,15,18,28H,6-8H2,(H2,22,24,25)/t11-,13+,15-,18-/m1/s1. The predicted molar refractivity (Wildman–Crippen MR) is 105 cm³/mol. The fourth-order valence-electron chi connectivity index (χ4n) is 3.30. The number of imidazole rings is 1. The third kappa shape index (κ3) is 4.07. The topological polar surface area (TPSA) is 125 Å². The Morgan fingerprint density at radius 3 is 2.87 bits per heavy atom. The maximum atomic E-state index is 14.7. The van der Waals surface area contributed by atoms with E-state index in [-0.39, 0.29) is 35.3 Å². The molecule has 30 heavy (non-hydrogen) atoms. The molecule has 3 aromatic rings. The van der Waals surface area contributed by atoms with E-state index in [0.29, 0.717) is 6.42 Å². The monoisotopic (exact) mass is 435 g/mol. The zero-order valence-corrected chi connectivity index (χ0v) is 16.4. The van der Waals surface area contributed by atoms with Crippen LogP contribution in [0.15, 0.2) is 36.7 Å². The molecule has 0 bridgehead atoms. The summed E-state index contributed by atoms with van der Waals surface area (Å²) in [6.07, 6.45) is -3.61. The number of aromatic nitrogens is 4. The Labute approximate surface area is 175 Å². The van der Waals surface area contributed by atoms with E-state index in [1.165, 1.54) is 10.9 Å². The van der Waals surface area contributed by atoms with Crippen LogP contribution in [0.25, 0.3) is 11.2 Å². The molecule has 0 saturated carbocycles. The molecule has 11 heteroatoms. The molecule has 1 aliphatic rings. The lowest BCUT2D eigenvalue weighted by Crippen LogP contribution is -2.32. The molecule has 0 radical (unpaired) electrons. The van der Waals surface area contributed by atoms with Crippen LogP contribution in [0.2, 0.25) is 5.28 Å². The molecule has 158 valence electrons. The molecule has 3 heterocycles. The number of hydrogen-bond donors (Lipinski definition) is 2. The molecule has 0 unspecified atom stereocenters. The number of anilines is 1. The predicted octanol–water partition coefficient (Wildman–Crippen LogP) is 1.83. The molecule has 0 amide bonds. The van der Waals surface area contributed by atoms with Crippen molar-refractivity contribution in [2.24, 2.45) is 0 Å². The van der Waals surface area contributed by atoms with Gasteiger partial charge in [-0.15, -0.1) is 0 Å². The zero-order chi connectivity index (χ0) is 21.3. The summed E-state index contributed by atoms with van der Waals surface area (Å²) in [5, 5.41) is 10.1. The molecule has 1 aromatic carbocycles. The summed E-state index contributed by atoms with van der Waals surface area (Å²) in [5.41, 5.74) is 7.17. The van der Waals surface area contributed by atoms with Crippen molar-refractivity contribution in [3.05, 3.63) is 47.5 Å². The van der Waals surface area contributed by atoms with Gasteiger partial charge in [0, 0.05) is 6.42 Å². The molecule has 2 aromatic heterocycles. The maximum Gasteiger partial charge on any atom is 0.306 e. The van der Waals surface area contributed by atoms with Gasteiger partial charge >= 0.3 is 5.97 Å². The van der Waals surface area contributed by atoms with Gasteiger partial charge in [-0.05, 0) is 23.6 Å². The minimum absolute atomic E-state index is 0.0431. The molecule has 9 nitrogen and oxygen atoms in total. The summed E-state index contributed by atoms with van der Waals surface area (Å²) in [6, 6.07) is 9.48. The number of ether oxygens (including phenoxy) is 2. The summed E-state index contributed by atoms with van der Waals surface area (Å²) in [5.74, 6) is -0.421. The van der Waals surface area contributed by atoms with Crippen LogP contribution >= 0.6 is 11.6 Å². The first kappa shape index (κ1) is 20.5. The van der Waals surface area contributed by atoms with Crippen molar-refractivity contribution >= 4 is 34.6 Å². The van der Waals surface area contributed by atoms with Crippen molar-refractivity contribution in [3.8, 4) is 0 Å². The molecule has 1 aliphatic heterocycles. The average Bonchev–Trinajstić information content (AvgIpc) is 3.27. The Bertz CT molecular complexity index is 1050. The van der Waals surface area contributed by atoms with Crippen LogP contribution in [0.1, 0.15) is 18.2 Å². The van der Waals surface area contributed by atoms with E-state index in [4.69, 9.17) is 26.8 Å². The van der Waals surface area contributed by atoms with Gasteiger partial charge < -0.3 is 20.3 Å². The second-order valence-electron chi connectivity index (χ2n) is 6.87. The first-order valence-electron chi connectivity index (χ1n) is 9.26. The van der Waals surface area contributed by atoms with Crippen molar-refractivity contribution in [1.82, 2.24) is 19.5 Å². The number of aliphatic hydroxyl groups is 1. The number of aliphatic hydroxyl groups excluding tert-OH is 1. The lowest BCUT2D eigenvalue weighted by molar-refractivity contribution is -0.150. The van der Waals surface area contributed by atoms with Crippen LogP contribution in [0, 0.1) is 0 Å². The molecule has 0 aliphatic carbocycles. The number of nitrogens with zero attached hydrogens (tertiary/aromatic N) is 4. The second kappa shape index (κ2) is 8.50. The number of esters is 1. The summed E-state index contributed by atoms with van der Waals surface area (Å²) < 4.78 is 26.8. The van der Waals surface area contributed by atoms with Crippen LogP contribution < -0.4 is 5.73 Å². The molecular formula is C19H19ClFN5O4. The van der Waals surface area contributed by atoms with Crippen LogP contribution in [-0.2, 0) is 20.7 Å². The third-order valence-corrected chi connectivity index (χ3v) is 5.03. The van der Waals surface area contributed by atoms with Crippen molar-refractivity contribution in [3.63, 3.8) is 0 Å². The fraction of sp³-hybridized carbons (Fsp3) is 0.368. The largest absolute Gasteiger partial charge is 0.463 e. The average molecular weight is 436 g/mol. The Balaban J connectivity index is 1.39. The number of nitrogen functional groups attached to an aromatic ring is 1. The van der Waals surface area contributed by atoms with Crippen molar-refractivity contribution in [1.29, 1.82) is 0 Å². The second-order valence-corrected chi connectivity index (χ2v) is 7.21. The first-order valence-corrected chi connectivity index (χ1v) is 9.64. The minimum atomic E-state index is -1.80. The van der Waals surface area contributed by atoms with Gasteiger partial charge in [0.05, 0.1) is 6.33 Å². The number of fused-ring (bicyclic) bond motifs is 1. The van der Waals surface area contributed by atoms with E-state index < -0.39 is 30.6 Å². The normalized spacial score (nSPS) is 23.7. The van der Waals surface area contributed by atoms with Gasteiger partial charge in [-0.1, -0.05) is 30.3 Å². The molecule has 0 spiro atoms. The van der Waals surface area contributed by atoms with Crippen LogP contribution in [0.3, 0.4) is 0 Å². The number of aryl methyl sites for hydroxylation is 1. The molecule has 4 rings (SSSR count). The Kier molecular flexibility index (Phi) is 5.80. The van der Waals surface area contributed by atoms with E-state index >= 15 is 0 Å². The Hall–Kier alpha value is -2.82. The van der Waals surface area contributed by atoms with Crippen LogP contribution in [-0.4, -0.2) is 55.6 Å². The maximum absolute atomic E-state index is 14.7. The van der Waals surface area contributed by atoms with E-state index in [1.54, 1.807) is 0 Å². The van der Waals surface area contributed by atoms with Gasteiger partial charge in [0.15, 0.2) is 23.9 Å². The number of carbonyl (C=O) groups excluding carboxylic acids is 1. The molecule has 4 atom stereocenters. The van der Waals surface area contributed by atoms with E-state index in [1.807, 2.05) is 30.3 Å².